The molecule has 0 fully saturated rings. The summed E-state index contributed by atoms with van der Waals surface area (Å²) in [5, 5.41) is 9.03. The van der Waals surface area contributed by atoms with Crippen LogP contribution in [0.1, 0.15) is 4.88 Å². The minimum absolute atomic E-state index is 0.0167. The van der Waals surface area contributed by atoms with Crippen LogP contribution in [0, 0.1) is 0 Å². The largest absolute Gasteiger partial charge is 0.480 e. The van der Waals surface area contributed by atoms with Crippen molar-refractivity contribution in [2.75, 3.05) is 11.4 Å². The molecule has 0 aliphatic rings. The summed E-state index contributed by atoms with van der Waals surface area (Å²) in [6, 6.07) is 11.6. The highest BCUT2D eigenvalue weighted by Crippen LogP contribution is 2.33. The topological polar surface area (TPSA) is 40.5 Å². The number of carbonyl (C=O) groups is 1. The third kappa shape index (κ3) is 4.06. The molecular weight excluding hydrogens is 394 g/mol. The first-order valence-electron chi connectivity index (χ1n) is 5.52. The first-order valence-corrected chi connectivity index (χ1v) is 7.92. The van der Waals surface area contributed by atoms with Crippen LogP contribution in [0.5, 0.6) is 0 Å². The third-order valence-corrected chi connectivity index (χ3v) is 5.73. The Hall–Kier alpha value is -0.850. The van der Waals surface area contributed by atoms with Crippen LogP contribution in [0.25, 0.3) is 0 Å². The molecule has 1 heterocycles. The first-order chi connectivity index (χ1) is 9.06. The van der Waals surface area contributed by atoms with E-state index in [1.807, 2.05) is 41.3 Å². The first kappa shape index (κ1) is 14.6. The molecule has 0 bridgehead atoms. The molecule has 6 heteroatoms. The summed E-state index contributed by atoms with van der Waals surface area (Å²) in [5.41, 5.74) is 0.908. The average molecular weight is 405 g/mol. The predicted molar refractivity (Wildman–Crippen MR) is 84.8 cm³/mol. The van der Waals surface area contributed by atoms with E-state index in [4.69, 9.17) is 5.11 Å². The van der Waals surface area contributed by atoms with Gasteiger partial charge in [0.05, 0.1) is 10.3 Å². The maximum atomic E-state index is 11.0. The van der Waals surface area contributed by atoms with E-state index in [1.165, 1.54) is 0 Å². The van der Waals surface area contributed by atoms with Crippen LogP contribution in [-0.2, 0) is 11.3 Å². The normalized spacial score (nSPS) is 10.4. The third-order valence-electron chi connectivity index (χ3n) is 2.49. The Morgan fingerprint density at radius 2 is 1.95 bits per heavy atom. The molecule has 1 aromatic carbocycles. The molecular formula is C13H11Br2NO2S. The van der Waals surface area contributed by atoms with Gasteiger partial charge >= 0.3 is 5.97 Å². The number of carboxylic acids is 1. The van der Waals surface area contributed by atoms with Crippen LogP contribution >= 0.6 is 43.2 Å². The Morgan fingerprint density at radius 1 is 1.26 bits per heavy atom. The molecule has 0 aliphatic heterocycles. The second kappa shape index (κ2) is 6.54. The number of anilines is 1. The predicted octanol–water partition coefficient (Wildman–Crippen LogP) is 4.36. The lowest BCUT2D eigenvalue weighted by Gasteiger charge is -2.22. The van der Waals surface area contributed by atoms with Crippen molar-refractivity contribution in [2.45, 2.75) is 6.54 Å². The second-order valence-electron chi connectivity index (χ2n) is 3.92. The lowest BCUT2D eigenvalue weighted by molar-refractivity contribution is -0.135. The fraction of sp³-hybridized carbons (Fsp3) is 0.154. The van der Waals surface area contributed by atoms with E-state index < -0.39 is 5.97 Å². The van der Waals surface area contributed by atoms with Crippen molar-refractivity contribution in [3.05, 3.63) is 49.5 Å². The molecule has 0 radical (unpaired) electrons. The maximum absolute atomic E-state index is 11.0. The zero-order valence-electron chi connectivity index (χ0n) is 9.85. The van der Waals surface area contributed by atoms with Crippen molar-refractivity contribution in [2.24, 2.45) is 0 Å². The number of thiophene rings is 1. The number of aliphatic carboxylic acids is 1. The van der Waals surface area contributed by atoms with Gasteiger partial charge in [-0.2, -0.15) is 0 Å². The van der Waals surface area contributed by atoms with E-state index in [2.05, 4.69) is 31.9 Å². The second-order valence-corrected chi connectivity index (χ2v) is 7.23. The van der Waals surface area contributed by atoms with E-state index in [0.29, 0.717) is 6.54 Å². The zero-order valence-corrected chi connectivity index (χ0v) is 13.8. The lowest BCUT2D eigenvalue weighted by Crippen LogP contribution is -2.28. The molecule has 100 valence electrons. The van der Waals surface area contributed by atoms with Gasteiger partial charge in [-0.15, -0.1) is 11.3 Å². The molecule has 0 atom stereocenters. The average Bonchev–Trinajstić information content (AvgIpc) is 2.68. The number of benzene rings is 1. The summed E-state index contributed by atoms with van der Waals surface area (Å²) < 4.78 is 2.02. The van der Waals surface area contributed by atoms with Crippen molar-refractivity contribution in [1.29, 1.82) is 0 Å². The highest BCUT2D eigenvalue weighted by molar-refractivity contribution is 9.13. The molecule has 19 heavy (non-hydrogen) atoms. The monoisotopic (exact) mass is 403 g/mol. The van der Waals surface area contributed by atoms with Crippen molar-refractivity contribution < 1.29 is 9.90 Å². The van der Waals surface area contributed by atoms with Gasteiger partial charge in [-0.1, -0.05) is 18.2 Å². The maximum Gasteiger partial charge on any atom is 0.323 e. The summed E-state index contributed by atoms with van der Waals surface area (Å²) in [6.07, 6.45) is 0. The molecule has 1 aromatic heterocycles. The van der Waals surface area contributed by atoms with Crippen molar-refractivity contribution in [3.8, 4) is 0 Å². The Balaban J connectivity index is 2.21. The van der Waals surface area contributed by atoms with Crippen molar-refractivity contribution >= 4 is 54.9 Å². The SMILES string of the molecule is O=C(O)CN(Cc1cc(Br)c(Br)s1)c1ccccc1. The molecule has 3 nitrogen and oxygen atoms in total. The van der Waals surface area contributed by atoms with Gasteiger partial charge in [-0.3, -0.25) is 4.79 Å². The van der Waals surface area contributed by atoms with Gasteiger partial charge in [-0.05, 0) is 50.1 Å². The number of carboxylic acid groups (broad SMARTS) is 1. The number of para-hydroxylation sites is 1. The van der Waals surface area contributed by atoms with Gasteiger partial charge in [0.25, 0.3) is 0 Å². The van der Waals surface area contributed by atoms with E-state index >= 15 is 0 Å². The summed E-state index contributed by atoms with van der Waals surface area (Å²) in [7, 11) is 0. The molecule has 0 spiro atoms. The van der Waals surface area contributed by atoms with E-state index in [1.54, 1.807) is 11.3 Å². The van der Waals surface area contributed by atoms with Gasteiger partial charge in [0.2, 0.25) is 0 Å². The van der Waals surface area contributed by atoms with Gasteiger partial charge in [0.15, 0.2) is 0 Å². The van der Waals surface area contributed by atoms with Crippen LogP contribution < -0.4 is 4.90 Å². The molecule has 0 saturated carbocycles. The molecule has 1 N–H and O–H groups in total. The fourth-order valence-corrected chi connectivity index (χ4v) is 3.89. The molecule has 0 unspecified atom stereocenters. The highest BCUT2D eigenvalue weighted by atomic mass is 79.9. The molecule has 2 rings (SSSR count). The summed E-state index contributed by atoms with van der Waals surface area (Å²) >= 11 is 8.49. The lowest BCUT2D eigenvalue weighted by atomic mass is 10.2. The number of halogens is 2. The van der Waals surface area contributed by atoms with E-state index in [0.717, 1.165) is 18.8 Å². The Morgan fingerprint density at radius 3 is 2.47 bits per heavy atom. The minimum Gasteiger partial charge on any atom is -0.480 e. The number of hydrogen-bond acceptors (Lipinski definition) is 3. The molecule has 0 aliphatic carbocycles. The van der Waals surface area contributed by atoms with Crippen LogP contribution in [0.3, 0.4) is 0 Å². The molecule has 2 aromatic rings. The van der Waals surface area contributed by atoms with E-state index in [9.17, 15) is 4.79 Å². The van der Waals surface area contributed by atoms with Crippen molar-refractivity contribution in [3.63, 3.8) is 0 Å². The molecule has 0 saturated heterocycles. The summed E-state index contributed by atoms with van der Waals surface area (Å²) in [5.74, 6) is -0.835. The van der Waals surface area contributed by atoms with Crippen LogP contribution in [0.2, 0.25) is 0 Å². The highest BCUT2D eigenvalue weighted by Gasteiger charge is 2.13. The fourth-order valence-electron chi connectivity index (χ4n) is 1.70. The van der Waals surface area contributed by atoms with Gasteiger partial charge in [-0.25, -0.2) is 0 Å². The smallest absolute Gasteiger partial charge is 0.323 e. The molecule has 0 amide bonds. The Bertz CT molecular complexity index is 552. The number of hydrogen-bond donors (Lipinski definition) is 1. The van der Waals surface area contributed by atoms with Crippen LogP contribution in [0.4, 0.5) is 5.69 Å². The van der Waals surface area contributed by atoms with Crippen LogP contribution in [0.15, 0.2) is 44.7 Å². The standard InChI is InChI=1S/C13H11Br2NO2S/c14-11-6-10(19-13(11)15)7-16(8-12(17)18)9-4-2-1-3-5-9/h1-6H,7-8H2,(H,17,18). The minimum atomic E-state index is -0.835. The van der Waals surface area contributed by atoms with Gasteiger partial charge in [0, 0.05) is 15.0 Å². The van der Waals surface area contributed by atoms with E-state index in [-0.39, 0.29) is 6.54 Å². The Kier molecular flexibility index (Phi) is 5.01. The van der Waals surface area contributed by atoms with Gasteiger partial charge < -0.3 is 10.0 Å². The quantitative estimate of drug-likeness (QED) is 0.804. The summed E-state index contributed by atoms with van der Waals surface area (Å²) in [4.78, 5) is 13.9. The summed E-state index contributed by atoms with van der Waals surface area (Å²) in [6.45, 7) is 0.558. The van der Waals surface area contributed by atoms with Crippen LogP contribution in [-0.4, -0.2) is 17.6 Å². The number of rotatable bonds is 5. The number of nitrogens with zero attached hydrogens (tertiary/aromatic N) is 1. The zero-order chi connectivity index (χ0) is 13.8. The Labute approximate surface area is 132 Å². The van der Waals surface area contributed by atoms with Gasteiger partial charge in [0.1, 0.15) is 6.54 Å². The van der Waals surface area contributed by atoms with Crippen molar-refractivity contribution in [1.82, 2.24) is 0 Å².